The molecule has 0 aromatic carbocycles. The molecule has 4 rings (SSSR count). The quantitative estimate of drug-likeness (QED) is 0.767. The monoisotopic (exact) mass is 402 g/mol. The van der Waals surface area contributed by atoms with Gasteiger partial charge in [0.2, 0.25) is 5.91 Å². The minimum atomic E-state index is -0.438. The first-order chi connectivity index (χ1) is 14.1. The molecule has 2 fully saturated rings. The summed E-state index contributed by atoms with van der Waals surface area (Å²) in [7, 11) is 0. The van der Waals surface area contributed by atoms with Gasteiger partial charge in [-0.1, -0.05) is 0 Å². The summed E-state index contributed by atoms with van der Waals surface area (Å²) in [5.74, 6) is 0.453. The van der Waals surface area contributed by atoms with Crippen molar-refractivity contribution in [3.63, 3.8) is 0 Å². The number of piperidine rings is 1. The van der Waals surface area contributed by atoms with E-state index in [9.17, 15) is 9.18 Å². The van der Waals surface area contributed by atoms with Gasteiger partial charge in [-0.15, -0.1) is 0 Å². The summed E-state index contributed by atoms with van der Waals surface area (Å²) in [4.78, 5) is 17.6. The molecular weight excluding hydrogens is 375 g/mol. The standard InChI is InChI=1S/C21H27FN4O3/c1-15(27)25-9-6-16(7-10-25)14-29-17-12-18(22)21(23-13-17)19-5-8-24-26(19)20-4-2-3-11-28-20/h5,8,12-13,16,20H,2-4,6-7,9-11,14H2,1H3. The molecule has 2 saturated heterocycles. The third-order valence-corrected chi connectivity index (χ3v) is 5.70. The highest BCUT2D eigenvalue weighted by atomic mass is 19.1. The second kappa shape index (κ2) is 8.90. The lowest BCUT2D eigenvalue weighted by atomic mass is 9.98. The van der Waals surface area contributed by atoms with Crippen LogP contribution in [0.1, 0.15) is 45.3 Å². The van der Waals surface area contributed by atoms with Gasteiger partial charge in [-0.05, 0) is 44.1 Å². The largest absolute Gasteiger partial charge is 0.492 e. The van der Waals surface area contributed by atoms with Crippen LogP contribution in [0.5, 0.6) is 5.75 Å². The van der Waals surface area contributed by atoms with Crippen LogP contribution in [0.25, 0.3) is 11.4 Å². The number of rotatable bonds is 5. The van der Waals surface area contributed by atoms with E-state index in [1.165, 1.54) is 6.07 Å². The van der Waals surface area contributed by atoms with Gasteiger partial charge in [-0.3, -0.25) is 4.79 Å². The van der Waals surface area contributed by atoms with Gasteiger partial charge in [0, 0.05) is 38.9 Å². The molecule has 4 heterocycles. The van der Waals surface area contributed by atoms with Crippen LogP contribution < -0.4 is 4.74 Å². The molecule has 1 amide bonds. The molecule has 2 aliphatic heterocycles. The van der Waals surface area contributed by atoms with E-state index in [2.05, 4.69) is 10.1 Å². The molecule has 0 bridgehead atoms. The fourth-order valence-electron chi connectivity index (χ4n) is 3.96. The summed E-state index contributed by atoms with van der Waals surface area (Å²) < 4.78 is 28.1. The smallest absolute Gasteiger partial charge is 0.219 e. The highest BCUT2D eigenvalue weighted by molar-refractivity contribution is 5.73. The number of hydrogen-bond acceptors (Lipinski definition) is 5. The molecule has 7 nitrogen and oxygen atoms in total. The number of nitrogens with zero attached hydrogens (tertiary/aromatic N) is 4. The lowest BCUT2D eigenvalue weighted by Crippen LogP contribution is -2.38. The van der Waals surface area contributed by atoms with Gasteiger partial charge in [0.15, 0.2) is 12.0 Å². The first kappa shape index (κ1) is 19.8. The van der Waals surface area contributed by atoms with Gasteiger partial charge in [0.1, 0.15) is 11.4 Å². The van der Waals surface area contributed by atoms with Gasteiger partial charge in [-0.2, -0.15) is 5.10 Å². The molecule has 0 aliphatic carbocycles. The van der Waals surface area contributed by atoms with Crippen molar-refractivity contribution < 1.29 is 18.7 Å². The van der Waals surface area contributed by atoms with Crippen LogP contribution in [-0.4, -0.2) is 51.9 Å². The van der Waals surface area contributed by atoms with Crippen molar-refractivity contribution in [2.24, 2.45) is 5.92 Å². The highest BCUT2D eigenvalue weighted by Crippen LogP contribution is 2.30. The molecule has 0 spiro atoms. The van der Waals surface area contributed by atoms with Crippen molar-refractivity contribution in [2.45, 2.75) is 45.3 Å². The summed E-state index contributed by atoms with van der Waals surface area (Å²) in [5.41, 5.74) is 0.858. The van der Waals surface area contributed by atoms with E-state index in [4.69, 9.17) is 9.47 Å². The Bertz CT molecular complexity index is 842. The molecule has 1 unspecified atom stereocenters. The number of amides is 1. The van der Waals surface area contributed by atoms with E-state index in [0.717, 1.165) is 45.2 Å². The molecular formula is C21H27FN4O3. The predicted octanol–water partition coefficient (Wildman–Crippen LogP) is 3.42. The number of carbonyl (C=O) groups excluding carboxylic acids is 1. The Hall–Kier alpha value is -2.48. The Kier molecular flexibility index (Phi) is 6.08. The fourth-order valence-corrected chi connectivity index (χ4v) is 3.96. The predicted molar refractivity (Wildman–Crippen MR) is 105 cm³/mol. The summed E-state index contributed by atoms with van der Waals surface area (Å²) in [5, 5.41) is 4.32. The molecule has 0 saturated carbocycles. The maximum atomic E-state index is 14.8. The van der Waals surface area contributed by atoms with E-state index >= 15 is 0 Å². The first-order valence-electron chi connectivity index (χ1n) is 10.3. The lowest BCUT2D eigenvalue weighted by Gasteiger charge is -2.31. The Labute approximate surface area is 169 Å². The molecule has 2 aromatic rings. The first-order valence-corrected chi connectivity index (χ1v) is 10.3. The average Bonchev–Trinajstić information content (AvgIpc) is 3.23. The van der Waals surface area contributed by atoms with Crippen LogP contribution in [0.3, 0.4) is 0 Å². The van der Waals surface area contributed by atoms with Gasteiger partial charge in [-0.25, -0.2) is 14.1 Å². The number of likely N-dealkylation sites (tertiary alicyclic amines) is 1. The van der Waals surface area contributed by atoms with Crippen molar-refractivity contribution in [2.75, 3.05) is 26.3 Å². The average molecular weight is 402 g/mol. The maximum absolute atomic E-state index is 14.8. The third kappa shape index (κ3) is 4.58. The van der Waals surface area contributed by atoms with Crippen molar-refractivity contribution in [1.82, 2.24) is 19.7 Å². The van der Waals surface area contributed by atoms with Gasteiger partial charge in [0.05, 0.1) is 18.5 Å². The van der Waals surface area contributed by atoms with Crippen molar-refractivity contribution >= 4 is 5.91 Å². The topological polar surface area (TPSA) is 69.5 Å². The summed E-state index contributed by atoms with van der Waals surface area (Å²) in [6, 6.07) is 3.14. The zero-order valence-electron chi connectivity index (χ0n) is 16.7. The third-order valence-electron chi connectivity index (χ3n) is 5.70. The number of aromatic nitrogens is 3. The van der Waals surface area contributed by atoms with E-state index in [0.29, 0.717) is 30.6 Å². The number of ether oxygens (including phenoxy) is 2. The Morgan fingerprint density at radius 2 is 2.14 bits per heavy atom. The van der Waals surface area contributed by atoms with Gasteiger partial charge >= 0.3 is 0 Å². The van der Waals surface area contributed by atoms with Crippen LogP contribution >= 0.6 is 0 Å². The second-order valence-electron chi connectivity index (χ2n) is 7.74. The molecule has 2 aliphatic rings. The Morgan fingerprint density at radius 3 is 2.83 bits per heavy atom. The fraction of sp³-hybridized carbons (Fsp3) is 0.571. The van der Waals surface area contributed by atoms with Crippen molar-refractivity contribution in [3.8, 4) is 17.1 Å². The summed E-state index contributed by atoms with van der Waals surface area (Å²) in [6.45, 7) is 4.29. The summed E-state index contributed by atoms with van der Waals surface area (Å²) >= 11 is 0. The zero-order valence-corrected chi connectivity index (χ0v) is 16.7. The minimum absolute atomic E-state index is 0.115. The normalized spacial score (nSPS) is 20.6. The van der Waals surface area contributed by atoms with Crippen molar-refractivity contribution in [1.29, 1.82) is 0 Å². The maximum Gasteiger partial charge on any atom is 0.219 e. The lowest BCUT2D eigenvalue weighted by molar-refractivity contribution is -0.130. The van der Waals surface area contributed by atoms with Crippen molar-refractivity contribution in [3.05, 3.63) is 30.3 Å². The number of halogens is 1. The van der Waals surface area contributed by atoms with Gasteiger partial charge in [0.25, 0.3) is 0 Å². The van der Waals surface area contributed by atoms with Crippen LogP contribution in [0, 0.1) is 11.7 Å². The number of carbonyl (C=O) groups is 1. The van der Waals surface area contributed by atoms with Crippen LogP contribution in [0.2, 0.25) is 0 Å². The zero-order chi connectivity index (χ0) is 20.2. The molecule has 156 valence electrons. The minimum Gasteiger partial charge on any atom is -0.492 e. The second-order valence-corrected chi connectivity index (χ2v) is 7.74. The van der Waals surface area contributed by atoms with E-state index in [-0.39, 0.29) is 17.8 Å². The van der Waals surface area contributed by atoms with E-state index in [1.807, 2.05) is 4.90 Å². The SMILES string of the molecule is CC(=O)N1CCC(COc2cnc(-c3ccnn3C3CCCCO3)c(F)c2)CC1. The molecule has 0 N–H and O–H groups in total. The van der Waals surface area contributed by atoms with Crippen LogP contribution in [0.4, 0.5) is 4.39 Å². The summed E-state index contributed by atoms with van der Waals surface area (Å²) in [6.07, 6.45) is 7.79. The molecule has 1 atom stereocenters. The Morgan fingerprint density at radius 1 is 1.31 bits per heavy atom. The molecule has 2 aromatic heterocycles. The Balaban J connectivity index is 1.39. The van der Waals surface area contributed by atoms with E-state index in [1.54, 1.807) is 30.1 Å². The molecule has 29 heavy (non-hydrogen) atoms. The van der Waals surface area contributed by atoms with Gasteiger partial charge < -0.3 is 14.4 Å². The van der Waals surface area contributed by atoms with E-state index < -0.39 is 5.82 Å². The molecule has 8 heteroatoms. The van der Waals surface area contributed by atoms with Crippen LogP contribution in [0.15, 0.2) is 24.5 Å². The number of hydrogen-bond donors (Lipinski definition) is 0. The van der Waals surface area contributed by atoms with Crippen LogP contribution in [-0.2, 0) is 9.53 Å². The number of pyridine rings is 1. The molecule has 0 radical (unpaired) electrons. The highest BCUT2D eigenvalue weighted by Gasteiger charge is 2.23.